The summed E-state index contributed by atoms with van der Waals surface area (Å²) in [4.78, 5) is 17.1. The van der Waals surface area contributed by atoms with Gasteiger partial charge in [0.15, 0.2) is 0 Å². The minimum absolute atomic E-state index is 0.118. The number of nitrogens with zero attached hydrogens (tertiary/aromatic N) is 3. The van der Waals surface area contributed by atoms with Crippen LogP contribution < -0.4 is 0 Å². The average molecular weight is 330 g/mol. The summed E-state index contributed by atoms with van der Waals surface area (Å²) in [7, 11) is 0. The normalized spacial score (nSPS) is 21.5. The zero-order chi connectivity index (χ0) is 16.5. The number of ether oxygens (including phenoxy) is 1. The quantitative estimate of drug-likeness (QED) is 0.903. The Morgan fingerprint density at radius 1 is 1.29 bits per heavy atom. The highest BCUT2D eigenvalue weighted by Crippen LogP contribution is 2.26. The standard InChI is InChI=1S/C17H19FN4O2/c18-15-4-2-1-3-13(15)16-14(9-19-20-16)17(23)22-6-5-21-7-8-24-11-12(21)10-22/h1-4,9,12H,5-8,10-11H2,(H,19,20). The largest absolute Gasteiger partial charge is 0.378 e. The number of H-pyrrole nitrogens is 1. The van der Waals surface area contributed by atoms with Gasteiger partial charge in [-0.05, 0) is 12.1 Å². The second-order valence-corrected chi connectivity index (χ2v) is 6.15. The van der Waals surface area contributed by atoms with Crippen LogP contribution in [0, 0.1) is 5.82 Å². The number of hydrogen-bond donors (Lipinski definition) is 1. The number of rotatable bonds is 2. The third-order valence-corrected chi connectivity index (χ3v) is 4.74. The lowest BCUT2D eigenvalue weighted by molar-refractivity contribution is -0.0394. The molecular weight excluding hydrogens is 311 g/mol. The highest BCUT2D eigenvalue weighted by Gasteiger charge is 2.33. The minimum Gasteiger partial charge on any atom is -0.378 e. The van der Waals surface area contributed by atoms with E-state index in [1.807, 2.05) is 4.90 Å². The summed E-state index contributed by atoms with van der Waals surface area (Å²) >= 11 is 0. The monoisotopic (exact) mass is 330 g/mol. The van der Waals surface area contributed by atoms with E-state index in [4.69, 9.17) is 4.74 Å². The van der Waals surface area contributed by atoms with Gasteiger partial charge in [-0.15, -0.1) is 0 Å². The summed E-state index contributed by atoms with van der Waals surface area (Å²) in [5, 5.41) is 6.73. The molecule has 24 heavy (non-hydrogen) atoms. The van der Waals surface area contributed by atoms with Gasteiger partial charge in [0, 0.05) is 31.7 Å². The topological polar surface area (TPSA) is 61.5 Å². The summed E-state index contributed by atoms with van der Waals surface area (Å²) in [6.07, 6.45) is 1.48. The summed E-state index contributed by atoms with van der Waals surface area (Å²) in [6, 6.07) is 6.62. The molecule has 2 aromatic rings. The van der Waals surface area contributed by atoms with Crippen molar-refractivity contribution in [2.24, 2.45) is 0 Å². The van der Waals surface area contributed by atoms with Gasteiger partial charge in [-0.3, -0.25) is 14.8 Å². The smallest absolute Gasteiger partial charge is 0.257 e. The number of aromatic amines is 1. The predicted molar refractivity (Wildman–Crippen MR) is 86.1 cm³/mol. The molecule has 2 fully saturated rings. The molecule has 2 saturated heterocycles. The van der Waals surface area contributed by atoms with Crippen LogP contribution in [0.25, 0.3) is 11.3 Å². The summed E-state index contributed by atoms with van der Waals surface area (Å²) in [5.74, 6) is -0.492. The van der Waals surface area contributed by atoms with Gasteiger partial charge >= 0.3 is 0 Å². The van der Waals surface area contributed by atoms with E-state index in [1.165, 1.54) is 12.3 Å². The van der Waals surface area contributed by atoms with E-state index in [9.17, 15) is 9.18 Å². The molecule has 6 nitrogen and oxygen atoms in total. The van der Waals surface area contributed by atoms with Crippen molar-refractivity contribution in [3.05, 3.63) is 41.8 Å². The number of halogens is 1. The molecule has 0 radical (unpaired) electrons. The van der Waals surface area contributed by atoms with Crippen molar-refractivity contribution in [1.82, 2.24) is 20.0 Å². The number of benzene rings is 1. The van der Waals surface area contributed by atoms with Gasteiger partial charge in [0.25, 0.3) is 5.91 Å². The van der Waals surface area contributed by atoms with Crippen molar-refractivity contribution >= 4 is 5.91 Å². The van der Waals surface area contributed by atoms with Crippen molar-refractivity contribution in [2.75, 3.05) is 39.4 Å². The molecule has 7 heteroatoms. The molecule has 1 aromatic heterocycles. The number of aromatic nitrogens is 2. The van der Waals surface area contributed by atoms with Gasteiger partial charge < -0.3 is 9.64 Å². The number of piperazine rings is 1. The maximum absolute atomic E-state index is 14.1. The molecule has 0 spiro atoms. The summed E-state index contributed by atoms with van der Waals surface area (Å²) < 4.78 is 19.6. The molecule has 4 rings (SSSR count). The lowest BCUT2D eigenvalue weighted by Gasteiger charge is -2.43. The van der Waals surface area contributed by atoms with Crippen LogP contribution in [0.5, 0.6) is 0 Å². The fourth-order valence-corrected chi connectivity index (χ4v) is 3.42. The maximum Gasteiger partial charge on any atom is 0.257 e. The second kappa shape index (κ2) is 6.33. The van der Waals surface area contributed by atoms with Crippen LogP contribution in [0.3, 0.4) is 0 Å². The lowest BCUT2D eigenvalue weighted by Crippen LogP contribution is -2.59. The molecule has 1 N–H and O–H groups in total. The Hall–Kier alpha value is -2.25. The van der Waals surface area contributed by atoms with Crippen LogP contribution in [0.15, 0.2) is 30.5 Å². The molecule has 0 saturated carbocycles. The predicted octanol–water partition coefficient (Wildman–Crippen LogP) is 1.37. The van der Waals surface area contributed by atoms with Gasteiger partial charge in [0.1, 0.15) is 5.82 Å². The Labute approximate surface area is 139 Å². The minimum atomic E-state index is -0.374. The number of nitrogens with one attached hydrogen (secondary N) is 1. The van der Waals surface area contributed by atoms with Gasteiger partial charge in [-0.1, -0.05) is 12.1 Å². The first kappa shape index (κ1) is 15.3. The molecule has 1 atom stereocenters. The zero-order valence-electron chi connectivity index (χ0n) is 13.2. The van der Waals surface area contributed by atoms with Crippen LogP contribution in [0.4, 0.5) is 4.39 Å². The van der Waals surface area contributed by atoms with E-state index in [0.29, 0.717) is 36.5 Å². The highest BCUT2D eigenvalue weighted by atomic mass is 19.1. The van der Waals surface area contributed by atoms with Crippen LogP contribution in [-0.4, -0.2) is 71.3 Å². The molecule has 126 valence electrons. The van der Waals surface area contributed by atoms with Crippen molar-refractivity contribution in [1.29, 1.82) is 0 Å². The average Bonchev–Trinajstić information content (AvgIpc) is 3.10. The molecule has 0 bridgehead atoms. The van der Waals surface area contributed by atoms with E-state index in [2.05, 4.69) is 15.1 Å². The van der Waals surface area contributed by atoms with Gasteiger partial charge in [-0.25, -0.2) is 4.39 Å². The summed E-state index contributed by atoms with van der Waals surface area (Å²) in [6.45, 7) is 4.45. The first-order valence-corrected chi connectivity index (χ1v) is 8.13. The summed E-state index contributed by atoms with van der Waals surface area (Å²) in [5.41, 5.74) is 1.20. The van der Waals surface area contributed by atoms with E-state index >= 15 is 0 Å². The van der Waals surface area contributed by atoms with E-state index in [0.717, 1.165) is 19.7 Å². The van der Waals surface area contributed by atoms with Crippen molar-refractivity contribution < 1.29 is 13.9 Å². The second-order valence-electron chi connectivity index (χ2n) is 6.15. The fraction of sp³-hybridized carbons (Fsp3) is 0.412. The van der Waals surface area contributed by atoms with Crippen LogP contribution in [-0.2, 0) is 4.74 Å². The molecule has 0 aliphatic carbocycles. The number of hydrogen-bond acceptors (Lipinski definition) is 4. The Bertz CT molecular complexity index is 748. The maximum atomic E-state index is 14.1. The molecule has 2 aliphatic rings. The van der Waals surface area contributed by atoms with Gasteiger partial charge in [0.2, 0.25) is 0 Å². The number of carbonyl (C=O) groups is 1. The zero-order valence-corrected chi connectivity index (χ0v) is 13.2. The fourth-order valence-electron chi connectivity index (χ4n) is 3.42. The lowest BCUT2D eigenvalue weighted by atomic mass is 10.1. The van der Waals surface area contributed by atoms with Gasteiger partial charge in [-0.2, -0.15) is 5.10 Å². The SMILES string of the molecule is O=C(c1cn[nH]c1-c1ccccc1F)N1CCN2CCOCC2C1. The Kier molecular flexibility index (Phi) is 4.03. The first-order chi connectivity index (χ1) is 11.7. The van der Waals surface area contributed by atoms with E-state index in [1.54, 1.807) is 18.2 Å². The van der Waals surface area contributed by atoms with E-state index < -0.39 is 0 Å². The third kappa shape index (κ3) is 2.70. The van der Waals surface area contributed by atoms with Crippen molar-refractivity contribution in [3.8, 4) is 11.3 Å². The van der Waals surface area contributed by atoms with Crippen LogP contribution >= 0.6 is 0 Å². The highest BCUT2D eigenvalue weighted by molar-refractivity contribution is 5.99. The van der Waals surface area contributed by atoms with Crippen LogP contribution in [0.2, 0.25) is 0 Å². The number of amides is 1. The molecule has 1 unspecified atom stereocenters. The Morgan fingerprint density at radius 3 is 3.04 bits per heavy atom. The number of carbonyl (C=O) groups excluding carboxylic acids is 1. The molecule has 3 heterocycles. The Morgan fingerprint density at radius 2 is 2.17 bits per heavy atom. The molecule has 1 amide bonds. The Balaban J connectivity index is 1.58. The van der Waals surface area contributed by atoms with Crippen molar-refractivity contribution in [2.45, 2.75) is 6.04 Å². The van der Waals surface area contributed by atoms with E-state index in [-0.39, 0.29) is 17.8 Å². The van der Waals surface area contributed by atoms with Gasteiger partial charge in [0.05, 0.1) is 36.7 Å². The van der Waals surface area contributed by atoms with Crippen LogP contribution in [0.1, 0.15) is 10.4 Å². The number of fused-ring (bicyclic) bond motifs is 1. The molecule has 2 aliphatic heterocycles. The third-order valence-electron chi connectivity index (χ3n) is 4.74. The molecule has 1 aromatic carbocycles. The molecular formula is C17H19FN4O2. The van der Waals surface area contributed by atoms with Crippen molar-refractivity contribution in [3.63, 3.8) is 0 Å². The first-order valence-electron chi connectivity index (χ1n) is 8.13. The number of morpholine rings is 1.